The Morgan fingerprint density at radius 1 is 1.43 bits per heavy atom. The Hall–Kier alpha value is -1.46. The standard InChI is InChI=1S/C16H22N2O3/c1-2-21-14-11-13(19)16(14)5-9-18(10-6-16)15(20)12-3-7-17-8-4-12/h3-4,7-8,13-14,19H,2,5-6,9-11H2,1H3/t13-,14+/m0/s1. The number of aliphatic hydroxyl groups is 1. The van der Waals surface area contributed by atoms with Crippen molar-refractivity contribution in [2.45, 2.75) is 38.4 Å². The third kappa shape index (κ3) is 2.45. The molecule has 114 valence electrons. The minimum Gasteiger partial charge on any atom is -0.392 e. The second-order valence-electron chi connectivity index (χ2n) is 5.96. The summed E-state index contributed by atoms with van der Waals surface area (Å²) < 4.78 is 5.75. The Morgan fingerprint density at radius 2 is 2.10 bits per heavy atom. The van der Waals surface area contributed by atoms with Crippen LogP contribution in [-0.4, -0.2) is 52.8 Å². The molecule has 3 rings (SSSR count). The number of nitrogens with zero attached hydrogens (tertiary/aromatic N) is 2. The molecule has 1 spiro atoms. The van der Waals surface area contributed by atoms with E-state index in [2.05, 4.69) is 4.98 Å². The maximum atomic E-state index is 12.4. The van der Waals surface area contributed by atoms with E-state index in [1.165, 1.54) is 0 Å². The molecule has 0 unspecified atom stereocenters. The maximum absolute atomic E-state index is 12.4. The van der Waals surface area contributed by atoms with Crippen LogP contribution >= 0.6 is 0 Å². The van der Waals surface area contributed by atoms with Crippen LogP contribution in [0.1, 0.15) is 36.5 Å². The number of hydrogen-bond donors (Lipinski definition) is 1. The SMILES string of the molecule is CCO[C@@H]1C[C@H](O)C12CCN(C(=O)c1ccncc1)CC2. The summed E-state index contributed by atoms with van der Waals surface area (Å²) in [5.74, 6) is 0.0500. The van der Waals surface area contributed by atoms with Gasteiger partial charge in [-0.3, -0.25) is 9.78 Å². The van der Waals surface area contributed by atoms with E-state index in [4.69, 9.17) is 4.74 Å². The first kappa shape index (κ1) is 14.5. The van der Waals surface area contributed by atoms with Crippen molar-refractivity contribution in [2.24, 2.45) is 5.41 Å². The Kier molecular flexibility index (Phi) is 3.95. The van der Waals surface area contributed by atoms with E-state index in [0.29, 0.717) is 25.3 Å². The van der Waals surface area contributed by atoms with Crippen molar-refractivity contribution in [1.82, 2.24) is 9.88 Å². The molecule has 21 heavy (non-hydrogen) atoms. The van der Waals surface area contributed by atoms with Gasteiger partial charge in [-0.15, -0.1) is 0 Å². The number of pyridine rings is 1. The van der Waals surface area contributed by atoms with Gasteiger partial charge < -0.3 is 14.7 Å². The molecule has 1 aliphatic carbocycles. The van der Waals surface area contributed by atoms with Crippen molar-refractivity contribution in [3.05, 3.63) is 30.1 Å². The highest BCUT2D eigenvalue weighted by atomic mass is 16.5. The fraction of sp³-hybridized carbons (Fsp3) is 0.625. The summed E-state index contributed by atoms with van der Waals surface area (Å²) in [5.41, 5.74) is 0.543. The average Bonchev–Trinajstić information content (AvgIpc) is 2.55. The van der Waals surface area contributed by atoms with Gasteiger partial charge in [-0.2, -0.15) is 0 Å². The van der Waals surface area contributed by atoms with Gasteiger partial charge in [0, 0.05) is 49.5 Å². The number of carbonyl (C=O) groups is 1. The smallest absolute Gasteiger partial charge is 0.253 e. The summed E-state index contributed by atoms with van der Waals surface area (Å²) in [5, 5.41) is 10.2. The van der Waals surface area contributed by atoms with Crippen LogP contribution < -0.4 is 0 Å². The third-order valence-corrected chi connectivity index (χ3v) is 5.02. The Balaban J connectivity index is 1.64. The van der Waals surface area contributed by atoms with E-state index in [0.717, 1.165) is 19.3 Å². The lowest BCUT2D eigenvalue weighted by atomic mass is 9.58. The van der Waals surface area contributed by atoms with E-state index in [9.17, 15) is 9.90 Å². The molecule has 1 aliphatic heterocycles. The van der Waals surface area contributed by atoms with Gasteiger partial charge >= 0.3 is 0 Å². The fourth-order valence-corrected chi connectivity index (χ4v) is 3.62. The highest BCUT2D eigenvalue weighted by molar-refractivity contribution is 5.94. The van der Waals surface area contributed by atoms with Gasteiger partial charge in [0.15, 0.2) is 0 Å². The highest BCUT2D eigenvalue weighted by Crippen LogP contribution is 2.51. The molecule has 0 bridgehead atoms. The van der Waals surface area contributed by atoms with E-state index in [-0.39, 0.29) is 23.5 Å². The number of piperidine rings is 1. The van der Waals surface area contributed by atoms with Gasteiger partial charge in [0.05, 0.1) is 12.2 Å². The monoisotopic (exact) mass is 290 g/mol. The van der Waals surface area contributed by atoms with Crippen molar-refractivity contribution in [3.8, 4) is 0 Å². The summed E-state index contributed by atoms with van der Waals surface area (Å²) in [4.78, 5) is 18.2. The fourth-order valence-electron chi connectivity index (χ4n) is 3.62. The minimum atomic E-state index is -0.285. The lowest BCUT2D eigenvalue weighted by Crippen LogP contribution is -2.62. The number of hydrogen-bond acceptors (Lipinski definition) is 4. The first-order valence-corrected chi connectivity index (χ1v) is 7.66. The topological polar surface area (TPSA) is 62.7 Å². The minimum absolute atomic E-state index is 0.0500. The van der Waals surface area contributed by atoms with Gasteiger partial charge in [-0.05, 0) is 31.9 Å². The number of aromatic nitrogens is 1. The summed E-state index contributed by atoms with van der Waals surface area (Å²) in [6.07, 6.45) is 5.50. The third-order valence-electron chi connectivity index (χ3n) is 5.02. The lowest BCUT2D eigenvalue weighted by molar-refractivity contribution is -0.207. The first-order valence-electron chi connectivity index (χ1n) is 7.66. The molecule has 1 aromatic rings. The zero-order chi connectivity index (χ0) is 14.9. The van der Waals surface area contributed by atoms with Gasteiger partial charge in [-0.1, -0.05) is 0 Å². The van der Waals surface area contributed by atoms with Crippen LogP contribution in [0.15, 0.2) is 24.5 Å². The normalized spacial score (nSPS) is 27.4. The van der Waals surface area contributed by atoms with Crippen LogP contribution in [-0.2, 0) is 4.74 Å². The predicted octanol–water partition coefficient (Wildman–Crippen LogP) is 1.47. The second kappa shape index (κ2) is 5.73. The van der Waals surface area contributed by atoms with Crippen molar-refractivity contribution in [1.29, 1.82) is 0 Å². The van der Waals surface area contributed by atoms with Crippen molar-refractivity contribution in [2.75, 3.05) is 19.7 Å². The molecule has 1 saturated heterocycles. The molecule has 1 N–H and O–H groups in total. The van der Waals surface area contributed by atoms with Crippen LogP contribution in [0.25, 0.3) is 0 Å². The molecule has 1 saturated carbocycles. The molecule has 0 aromatic carbocycles. The molecular formula is C16H22N2O3. The largest absolute Gasteiger partial charge is 0.392 e. The molecule has 5 heteroatoms. The number of aliphatic hydroxyl groups excluding tert-OH is 1. The van der Waals surface area contributed by atoms with Crippen molar-refractivity contribution >= 4 is 5.91 Å². The number of carbonyl (C=O) groups excluding carboxylic acids is 1. The van der Waals surface area contributed by atoms with Crippen molar-refractivity contribution < 1.29 is 14.6 Å². The average molecular weight is 290 g/mol. The lowest BCUT2D eigenvalue weighted by Gasteiger charge is -2.56. The molecule has 1 amide bonds. The molecule has 5 nitrogen and oxygen atoms in total. The van der Waals surface area contributed by atoms with Crippen LogP contribution in [0.3, 0.4) is 0 Å². The summed E-state index contributed by atoms with van der Waals surface area (Å²) in [7, 11) is 0. The van der Waals surface area contributed by atoms with Crippen LogP contribution in [0, 0.1) is 5.41 Å². The predicted molar refractivity (Wildman–Crippen MR) is 77.8 cm³/mol. The summed E-state index contributed by atoms with van der Waals surface area (Å²) >= 11 is 0. The van der Waals surface area contributed by atoms with Gasteiger partial charge in [0.25, 0.3) is 5.91 Å². The molecule has 2 fully saturated rings. The highest BCUT2D eigenvalue weighted by Gasteiger charge is 2.56. The summed E-state index contributed by atoms with van der Waals surface area (Å²) in [6.45, 7) is 4.03. The van der Waals surface area contributed by atoms with Crippen LogP contribution in [0.4, 0.5) is 0 Å². The molecular weight excluding hydrogens is 268 g/mol. The first-order chi connectivity index (χ1) is 10.2. The number of rotatable bonds is 3. The van der Waals surface area contributed by atoms with Gasteiger partial charge in [-0.25, -0.2) is 0 Å². The van der Waals surface area contributed by atoms with Crippen molar-refractivity contribution in [3.63, 3.8) is 0 Å². The van der Waals surface area contributed by atoms with Gasteiger partial charge in [0.1, 0.15) is 0 Å². The van der Waals surface area contributed by atoms with Crippen LogP contribution in [0.5, 0.6) is 0 Å². The van der Waals surface area contributed by atoms with E-state index in [1.807, 2.05) is 11.8 Å². The number of likely N-dealkylation sites (tertiary alicyclic amines) is 1. The molecule has 1 aromatic heterocycles. The quantitative estimate of drug-likeness (QED) is 0.916. The van der Waals surface area contributed by atoms with E-state index >= 15 is 0 Å². The molecule has 0 radical (unpaired) electrons. The Bertz CT molecular complexity index is 496. The van der Waals surface area contributed by atoms with E-state index < -0.39 is 0 Å². The Morgan fingerprint density at radius 3 is 2.67 bits per heavy atom. The maximum Gasteiger partial charge on any atom is 0.253 e. The van der Waals surface area contributed by atoms with Gasteiger partial charge in [0.2, 0.25) is 0 Å². The van der Waals surface area contributed by atoms with E-state index in [1.54, 1.807) is 24.5 Å². The zero-order valence-electron chi connectivity index (χ0n) is 12.4. The summed E-state index contributed by atoms with van der Waals surface area (Å²) in [6, 6.07) is 3.49. The zero-order valence-corrected chi connectivity index (χ0v) is 12.4. The molecule has 2 heterocycles. The molecule has 2 aliphatic rings. The number of amides is 1. The Labute approximate surface area is 124 Å². The molecule has 2 atom stereocenters. The second-order valence-corrected chi connectivity index (χ2v) is 5.96. The van der Waals surface area contributed by atoms with Crippen LogP contribution in [0.2, 0.25) is 0 Å². The number of ether oxygens (including phenoxy) is 1.